The van der Waals surface area contributed by atoms with Crippen molar-refractivity contribution in [3.8, 4) is 11.5 Å². The van der Waals surface area contributed by atoms with Crippen LogP contribution in [0.1, 0.15) is 22.3 Å². The number of aryl methyl sites for hydroxylation is 1. The van der Waals surface area contributed by atoms with Gasteiger partial charge in [-0.2, -0.15) is 0 Å². The molecule has 0 saturated heterocycles. The molecule has 1 aromatic rings. The van der Waals surface area contributed by atoms with Crippen molar-refractivity contribution in [2.45, 2.75) is 20.8 Å². The van der Waals surface area contributed by atoms with Crippen LogP contribution in [0.4, 0.5) is 0 Å². The second-order valence-corrected chi connectivity index (χ2v) is 3.56. The fourth-order valence-electron chi connectivity index (χ4n) is 1.23. The van der Waals surface area contributed by atoms with Gasteiger partial charge in [0.1, 0.15) is 0 Å². The number of rotatable bonds is 0. The zero-order chi connectivity index (χ0) is 9.14. The third kappa shape index (κ3) is 1.59. The van der Waals surface area contributed by atoms with Crippen LogP contribution in [0.25, 0.3) is 0 Å². The molecule has 1 rings (SSSR count). The molecule has 0 unspecified atom stereocenters. The van der Waals surface area contributed by atoms with Crippen molar-refractivity contribution in [3.05, 3.63) is 34.4 Å². The fraction of sp³-hybridized carbons (Fsp3) is 0.273. The van der Waals surface area contributed by atoms with E-state index in [1.807, 2.05) is 0 Å². The SMILES string of the molecule is Cc1ccc(C#C[SiH3])c(C)c1C. The Kier molecular flexibility index (Phi) is 2.72. The molecule has 0 aromatic heterocycles. The van der Waals surface area contributed by atoms with Gasteiger partial charge >= 0.3 is 0 Å². The molecule has 1 heteroatoms. The topological polar surface area (TPSA) is 0 Å². The van der Waals surface area contributed by atoms with Gasteiger partial charge in [-0.05, 0) is 43.5 Å². The Morgan fingerprint density at radius 2 is 1.75 bits per heavy atom. The van der Waals surface area contributed by atoms with E-state index in [1.165, 1.54) is 22.3 Å². The summed E-state index contributed by atoms with van der Waals surface area (Å²) in [5, 5.41) is 0. The van der Waals surface area contributed by atoms with E-state index in [-0.39, 0.29) is 0 Å². The van der Waals surface area contributed by atoms with E-state index >= 15 is 0 Å². The zero-order valence-electron chi connectivity index (χ0n) is 8.15. The summed E-state index contributed by atoms with van der Waals surface area (Å²) in [5.41, 5.74) is 8.31. The molecule has 0 radical (unpaired) electrons. The summed E-state index contributed by atoms with van der Waals surface area (Å²) in [4.78, 5) is 0. The minimum absolute atomic E-state index is 0.957. The van der Waals surface area contributed by atoms with Crippen LogP contribution in [-0.2, 0) is 0 Å². The second kappa shape index (κ2) is 3.60. The molecule has 12 heavy (non-hydrogen) atoms. The summed E-state index contributed by atoms with van der Waals surface area (Å²) in [6.45, 7) is 6.44. The normalized spacial score (nSPS) is 9.25. The van der Waals surface area contributed by atoms with Gasteiger partial charge in [0.25, 0.3) is 0 Å². The fourth-order valence-corrected chi connectivity index (χ4v) is 1.50. The Morgan fingerprint density at radius 1 is 1.08 bits per heavy atom. The van der Waals surface area contributed by atoms with Crippen molar-refractivity contribution in [1.82, 2.24) is 0 Å². The van der Waals surface area contributed by atoms with E-state index < -0.39 is 0 Å². The molecule has 62 valence electrons. The van der Waals surface area contributed by atoms with Crippen molar-refractivity contribution in [2.24, 2.45) is 0 Å². The summed E-state index contributed by atoms with van der Waals surface area (Å²) in [6, 6.07) is 4.26. The summed E-state index contributed by atoms with van der Waals surface area (Å²) in [5.74, 6) is 3.16. The molecule has 0 fully saturated rings. The smallest absolute Gasteiger partial charge is 0.0911 e. The van der Waals surface area contributed by atoms with Crippen LogP contribution in [0.15, 0.2) is 12.1 Å². The highest BCUT2D eigenvalue weighted by Gasteiger charge is 1.99. The predicted molar refractivity (Wildman–Crippen MR) is 57.5 cm³/mol. The quantitative estimate of drug-likeness (QED) is 0.411. The third-order valence-electron chi connectivity index (χ3n) is 2.32. The molecule has 0 heterocycles. The van der Waals surface area contributed by atoms with Crippen molar-refractivity contribution in [3.63, 3.8) is 0 Å². The first kappa shape index (κ1) is 9.09. The third-order valence-corrected chi connectivity index (χ3v) is 2.57. The molecule has 0 atom stereocenters. The van der Waals surface area contributed by atoms with Gasteiger partial charge in [0, 0.05) is 5.56 Å². The lowest BCUT2D eigenvalue weighted by molar-refractivity contribution is 1.25. The lowest BCUT2D eigenvalue weighted by atomic mass is 9.99. The van der Waals surface area contributed by atoms with Crippen LogP contribution >= 0.6 is 0 Å². The van der Waals surface area contributed by atoms with E-state index in [1.54, 1.807) is 0 Å². The van der Waals surface area contributed by atoms with E-state index in [2.05, 4.69) is 44.4 Å². The Morgan fingerprint density at radius 3 is 2.33 bits per heavy atom. The van der Waals surface area contributed by atoms with E-state index in [0.717, 1.165) is 10.2 Å². The highest BCUT2D eigenvalue weighted by Crippen LogP contribution is 2.15. The maximum atomic E-state index is 3.16. The van der Waals surface area contributed by atoms with Gasteiger partial charge in [0.2, 0.25) is 0 Å². The van der Waals surface area contributed by atoms with Crippen LogP contribution in [0, 0.1) is 32.2 Å². The first-order valence-corrected chi connectivity index (χ1v) is 5.16. The van der Waals surface area contributed by atoms with Gasteiger partial charge in [-0.1, -0.05) is 12.0 Å². The second-order valence-electron chi connectivity index (χ2n) is 3.06. The number of benzene rings is 1. The van der Waals surface area contributed by atoms with Crippen LogP contribution in [0.5, 0.6) is 0 Å². The molecule has 0 nitrogen and oxygen atoms in total. The first-order chi connectivity index (χ1) is 5.66. The Labute approximate surface area is 77.4 Å². The van der Waals surface area contributed by atoms with E-state index in [9.17, 15) is 0 Å². The Balaban J connectivity index is 3.33. The minimum atomic E-state index is 0.957. The zero-order valence-corrected chi connectivity index (χ0v) is 10.2. The van der Waals surface area contributed by atoms with Gasteiger partial charge in [0.05, 0.1) is 10.2 Å². The predicted octanol–water partition coefficient (Wildman–Crippen LogP) is 1.29. The van der Waals surface area contributed by atoms with Crippen LogP contribution in [-0.4, -0.2) is 10.2 Å². The molecule has 0 spiro atoms. The summed E-state index contributed by atoms with van der Waals surface area (Å²) < 4.78 is 0. The van der Waals surface area contributed by atoms with Crippen molar-refractivity contribution < 1.29 is 0 Å². The molecule has 0 bridgehead atoms. The van der Waals surface area contributed by atoms with Crippen molar-refractivity contribution in [1.29, 1.82) is 0 Å². The van der Waals surface area contributed by atoms with Gasteiger partial charge in [0.15, 0.2) is 0 Å². The van der Waals surface area contributed by atoms with Crippen molar-refractivity contribution >= 4 is 10.2 Å². The molecule has 0 aliphatic heterocycles. The van der Waals surface area contributed by atoms with Gasteiger partial charge in [-0.15, -0.1) is 5.54 Å². The lowest BCUT2D eigenvalue weighted by Crippen LogP contribution is -1.90. The van der Waals surface area contributed by atoms with Gasteiger partial charge < -0.3 is 0 Å². The van der Waals surface area contributed by atoms with Crippen molar-refractivity contribution in [2.75, 3.05) is 0 Å². The molecule has 0 aliphatic rings. The van der Waals surface area contributed by atoms with Gasteiger partial charge in [-0.25, -0.2) is 0 Å². The van der Waals surface area contributed by atoms with Gasteiger partial charge in [-0.3, -0.25) is 0 Å². The maximum Gasteiger partial charge on any atom is 0.0911 e. The number of hydrogen-bond donors (Lipinski definition) is 0. The molecule has 0 N–H and O–H groups in total. The molecule has 0 amide bonds. The molecular formula is C11H14Si. The average Bonchev–Trinajstić information content (AvgIpc) is 2.07. The standard InChI is InChI=1S/C11H14Si/c1-8-4-5-11(6-7-12)10(3)9(8)2/h4-5H,1-3,12H3. The minimum Gasteiger partial charge on any atom is -0.138 e. The van der Waals surface area contributed by atoms with Crippen LogP contribution < -0.4 is 0 Å². The number of hydrogen-bond acceptors (Lipinski definition) is 0. The van der Waals surface area contributed by atoms with E-state index in [0.29, 0.717) is 0 Å². The first-order valence-electron chi connectivity index (χ1n) is 4.16. The monoisotopic (exact) mass is 174 g/mol. The largest absolute Gasteiger partial charge is 0.138 e. The van der Waals surface area contributed by atoms with E-state index in [4.69, 9.17) is 0 Å². The highest BCUT2D eigenvalue weighted by molar-refractivity contribution is 6.22. The Hall–Kier alpha value is -1.00. The summed E-state index contributed by atoms with van der Waals surface area (Å²) >= 11 is 0. The lowest BCUT2D eigenvalue weighted by Gasteiger charge is -2.05. The highest BCUT2D eigenvalue weighted by atomic mass is 28.1. The molecule has 0 saturated carbocycles. The molecule has 0 aliphatic carbocycles. The van der Waals surface area contributed by atoms with Crippen LogP contribution in [0.3, 0.4) is 0 Å². The maximum absolute atomic E-state index is 3.16. The summed E-state index contributed by atoms with van der Waals surface area (Å²) in [7, 11) is 0.957. The molecule has 1 aromatic carbocycles. The summed E-state index contributed by atoms with van der Waals surface area (Å²) in [6.07, 6.45) is 0. The molecular weight excluding hydrogens is 160 g/mol. The van der Waals surface area contributed by atoms with Crippen LogP contribution in [0.2, 0.25) is 0 Å². The average molecular weight is 174 g/mol. The Bertz CT molecular complexity index is 353.